The number of piperidine rings is 1. The minimum absolute atomic E-state index is 0.170. The lowest BCUT2D eigenvalue weighted by atomic mass is 9.92. The summed E-state index contributed by atoms with van der Waals surface area (Å²) < 4.78 is 19.1. The summed E-state index contributed by atoms with van der Waals surface area (Å²) in [6.45, 7) is 6.15. The van der Waals surface area contributed by atoms with Crippen LogP contribution in [0.3, 0.4) is 0 Å². The molecule has 0 aromatic heterocycles. The minimum atomic E-state index is -0.538. The number of carbonyl (C=O) groups is 1. The van der Waals surface area contributed by atoms with Gasteiger partial charge in [-0.3, -0.25) is 0 Å². The molecule has 1 aromatic carbocycles. The Balaban J connectivity index is 2.24. The second-order valence-electron chi connectivity index (χ2n) is 6.75. The number of nitrogens with zero attached hydrogens (tertiary/aromatic N) is 1. The Morgan fingerprint density at radius 1 is 1.41 bits per heavy atom. The summed E-state index contributed by atoms with van der Waals surface area (Å²) in [4.78, 5) is 14.2. The van der Waals surface area contributed by atoms with Gasteiger partial charge in [0.05, 0.1) is 6.04 Å². The predicted molar refractivity (Wildman–Crippen MR) is 84.2 cm³/mol. The average molecular weight is 308 g/mol. The van der Waals surface area contributed by atoms with Gasteiger partial charge in [-0.2, -0.15) is 0 Å². The molecule has 0 saturated carbocycles. The van der Waals surface area contributed by atoms with E-state index in [9.17, 15) is 9.18 Å². The first-order chi connectivity index (χ1) is 10.3. The molecular formula is C17H25FN2O2. The average Bonchev–Trinajstić information content (AvgIpc) is 2.44. The van der Waals surface area contributed by atoms with E-state index < -0.39 is 5.60 Å². The summed E-state index contributed by atoms with van der Waals surface area (Å²) in [6.07, 6.45) is 1.28. The van der Waals surface area contributed by atoms with Crippen LogP contribution in [0.15, 0.2) is 24.3 Å². The Labute approximate surface area is 131 Å². The second kappa shape index (κ2) is 6.65. The Morgan fingerprint density at radius 3 is 2.73 bits per heavy atom. The zero-order valence-corrected chi connectivity index (χ0v) is 13.7. The van der Waals surface area contributed by atoms with E-state index in [1.54, 1.807) is 11.0 Å². The van der Waals surface area contributed by atoms with Crippen molar-refractivity contribution >= 4 is 6.09 Å². The van der Waals surface area contributed by atoms with Crippen molar-refractivity contribution in [2.45, 2.75) is 51.3 Å². The largest absolute Gasteiger partial charge is 0.444 e. The van der Waals surface area contributed by atoms with Crippen molar-refractivity contribution in [3.05, 3.63) is 35.6 Å². The maximum atomic E-state index is 13.6. The standard InChI is InChI=1S/C17H25FN2O2/c1-17(2,3)22-16(21)20-9-8-14(19-4)11-15(20)12-6-5-7-13(18)10-12/h5-7,10,14-15,19H,8-9,11H2,1-4H3/t14?,15-/m0/s1. The SMILES string of the molecule is CNC1CCN(C(=O)OC(C)(C)C)[C@H](c2cccc(F)c2)C1. The topological polar surface area (TPSA) is 41.6 Å². The lowest BCUT2D eigenvalue weighted by molar-refractivity contribution is 0.00683. The van der Waals surface area contributed by atoms with E-state index in [2.05, 4.69) is 5.32 Å². The number of carbonyl (C=O) groups excluding carboxylic acids is 1. The van der Waals surface area contributed by atoms with Crippen LogP contribution in [0, 0.1) is 5.82 Å². The molecule has 0 aliphatic carbocycles. The number of nitrogens with one attached hydrogen (secondary N) is 1. The molecule has 0 bridgehead atoms. The number of halogens is 1. The number of rotatable bonds is 2. The molecule has 1 N–H and O–H groups in total. The van der Waals surface area contributed by atoms with Crippen LogP contribution in [0.1, 0.15) is 45.2 Å². The maximum absolute atomic E-state index is 13.6. The molecule has 1 heterocycles. The summed E-state index contributed by atoms with van der Waals surface area (Å²) in [5.74, 6) is -0.284. The maximum Gasteiger partial charge on any atom is 0.410 e. The Bertz CT molecular complexity index is 528. The number of amides is 1. The van der Waals surface area contributed by atoms with Gasteiger partial charge in [0.1, 0.15) is 11.4 Å². The lowest BCUT2D eigenvalue weighted by Crippen LogP contribution is -2.47. The van der Waals surface area contributed by atoms with Gasteiger partial charge < -0.3 is 15.0 Å². The molecule has 1 amide bonds. The van der Waals surface area contributed by atoms with Crippen LogP contribution in [0.5, 0.6) is 0 Å². The van der Waals surface area contributed by atoms with Crippen molar-refractivity contribution in [1.82, 2.24) is 10.2 Å². The van der Waals surface area contributed by atoms with Gasteiger partial charge in [0.15, 0.2) is 0 Å². The van der Waals surface area contributed by atoms with Crippen LogP contribution in [0.2, 0.25) is 0 Å². The highest BCUT2D eigenvalue weighted by Crippen LogP contribution is 2.32. The van der Waals surface area contributed by atoms with Gasteiger partial charge in [0.25, 0.3) is 0 Å². The molecule has 1 fully saturated rings. The molecule has 0 radical (unpaired) electrons. The van der Waals surface area contributed by atoms with Crippen molar-refractivity contribution in [2.75, 3.05) is 13.6 Å². The quantitative estimate of drug-likeness (QED) is 0.909. The first-order valence-electron chi connectivity index (χ1n) is 7.72. The molecule has 2 atom stereocenters. The lowest BCUT2D eigenvalue weighted by Gasteiger charge is -2.40. The highest BCUT2D eigenvalue weighted by molar-refractivity contribution is 5.69. The summed E-state index contributed by atoms with van der Waals surface area (Å²) in [5, 5.41) is 3.25. The van der Waals surface area contributed by atoms with Gasteiger partial charge in [0, 0.05) is 12.6 Å². The third kappa shape index (κ3) is 4.19. The Morgan fingerprint density at radius 2 is 2.14 bits per heavy atom. The third-order valence-electron chi connectivity index (χ3n) is 3.87. The van der Waals surface area contributed by atoms with Crippen LogP contribution in [-0.2, 0) is 4.74 Å². The van der Waals surface area contributed by atoms with E-state index in [0.717, 1.165) is 18.4 Å². The number of hydrogen-bond acceptors (Lipinski definition) is 3. The highest BCUT2D eigenvalue weighted by atomic mass is 19.1. The molecule has 4 nitrogen and oxygen atoms in total. The minimum Gasteiger partial charge on any atom is -0.444 e. The van der Waals surface area contributed by atoms with Crippen LogP contribution < -0.4 is 5.32 Å². The fourth-order valence-corrected chi connectivity index (χ4v) is 2.80. The molecule has 0 spiro atoms. The normalized spacial score (nSPS) is 22.5. The monoisotopic (exact) mass is 308 g/mol. The van der Waals surface area contributed by atoms with Crippen molar-refractivity contribution in [1.29, 1.82) is 0 Å². The first-order valence-corrected chi connectivity index (χ1v) is 7.72. The molecule has 1 aliphatic rings. The number of likely N-dealkylation sites (tertiary alicyclic amines) is 1. The van der Waals surface area contributed by atoms with E-state index in [1.165, 1.54) is 12.1 Å². The third-order valence-corrected chi connectivity index (χ3v) is 3.87. The first kappa shape index (κ1) is 16.7. The fourth-order valence-electron chi connectivity index (χ4n) is 2.80. The number of benzene rings is 1. The van der Waals surface area contributed by atoms with Gasteiger partial charge in [-0.1, -0.05) is 12.1 Å². The van der Waals surface area contributed by atoms with E-state index in [-0.39, 0.29) is 18.0 Å². The van der Waals surface area contributed by atoms with Crippen molar-refractivity contribution in [2.24, 2.45) is 0 Å². The number of ether oxygens (including phenoxy) is 1. The van der Waals surface area contributed by atoms with E-state index >= 15 is 0 Å². The zero-order chi connectivity index (χ0) is 16.3. The summed E-state index contributed by atoms with van der Waals surface area (Å²) in [6, 6.07) is 6.60. The van der Waals surface area contributed by atoms with E-state index in [0.29, 0.717) is 12.6 Å². The molecule has 1 aromatic rings. The van der Waals surface area contributed by atoms with Gasteiger partial charge in [-0.15, -0.1) is 0 Å². The van der Waals surface area contributed by atoms with Crippen molar-refractivity contribution < 1.29 is 13.9 Å². The van der Waals surface area contributed by atoms with Crippen molar-refractivity contribution in [3.8, 4) is 0 Å². The van der Waals surface area contributed by atoms with Crippen molar-refractivity contribution in [3.63, 3.8) is 0 Å². The second-order valence-corrected chi connectivity index (χ2v) is 6.75. The molecule has 1 unspecified atom stereocenters. The van der Waals surface area contributed by atoms with Crippen LogP contribution in [0.4, 0.5) is 9.18 Å². The van der Waals surface area contributed by atoms with Crippen LogP contribution in [0.25, 0.3) is 0 Å². The summed E-state index contributed by atoms with van der Waals surface area (Å²) in [5.41, 5.74) is 0.273. The van der Waals surface area contributed by atoms with Gasteiger partial charge in [0.2, 0.25) is 0 Å². The predicted octanol–water partition coefficient (Wildman–Crippen LogP) is 3.49. The van der Waals surface area contributed by atoms with Crippen LogP contribution in [-0.4, -0.2) is 36.2 Å². The molecule has 2 rings (SSSR count). The van der Waals surface area contributed by atoms with E-state index in [4.69, 9.17) is 4.74 Å². The Kier molecular flexibility index (Phi) is 5.06. The smallest absolute Gasteiger partial charge is 0.410 e. The van der Waals surface area contributed by atoms with Crippen LogP contribution >= 0.6 is 0 Å². The van der Waals surface area contributed by atoms with Gasteiger partial charge >= 0.3 is 6.09 Å². The molecule has 1 saturated heterocycles. The molecule has 5 heteroatoms. The fraction of sp³-hybridized carbons (Fsp3) is 0.588. The molecular weight excluding hydrogens is 283 g/mol. The molecule has 1 aliphatic heterocycles. The molecule has 122 valence electrons. The van der Waals surface area contributed by atoms with E-state index in [1.807, 2.05) is 33.9 Å². The highest BCUT2D eigenvalue weighted by Gasteiger charge is 2.34. The summed E-state index contributed by atoms with van der Waals surface area (Å²) in [7, 11) is 1.91. The van der Waals surface area contributed by atoms with Gasteiger partial charge in [-0.05, 0) is 58.4 Å². The summed E-state index contributed by atoms with van der Waals surface area (Å²) >= 11 is 0. The molecule has 22 heavy (non-hydrogen) atoms. The zero-order valence-electron chi connectivity index (χ0n) is 13.7. The Hall–Kier alpha value is -1.62. The van der Waals surface area contributed by atoms with Gasteiger partial charge in [-0.25, -0.2) is 9.18 Å². The number of hydrogen-bond donors (Lipinski definition) is 1.